The number of terminal acetylenes is 2. The maximum absolute atomic E-state index is 5.59. The first-order valence-corrected chi connectivity index (χ1v) is 9.58. The van der Waals surface area contributed by atoms with E-state index >= 15 is 0 Å². The number of quaternary nitrogens is 2. The predicted molar refractivity (Wildman–Crippen MR) is 116 cm³/mol. The molecule has 0 aromatic carbocycles. The highest BCUT2D eigenvalue weighted by atomic mass is 15.3. The smallest absolute Gasteiger partial charge is 0.141 e. The number of hydrogen-bond acceptors (Lipinski definition) is 0. The van der Waals surface area contributed by atoms with E-state index in [0.717, 1.165) is 61.3 Å². The molecular formula is C24H38N2+2. The van der Waals surface area contributed by atoms with Gasteiger partial charge in [-0.25, -0.2) is 0 Å². The summed E-state index contributed by atoms with van der Waals surface area (Å²) in [5.74, 6) is 5.66. The van der Waals surface area contributed by atoms with Crippen molar-refractivity contribution in [2.75, 3.05) is 52.4 Å². The van der Waals surface area contributed by atoms with Crippen LogP contribution >= 0.6 is 0 Å². The molecule has 0 bridgehead atoms. The normalized spacial score (nSPS) is 11.2. The van der Waals surface area contributed by atoms with Gasteiger partial charge in [-0.15, -0.1) is 12.8 Å². The number of unbranched alkanes of at least 4 members (excludes halogenated alkanes) is 3. The van der Waals surface area contributed by atoms with Gasteiger partial charge < -0.3 is 8.97 Å². The molecule has 2 heteroatoms. The Kier molecular flexibility index (Phi) is 13.1. The van der Waals surface area contributed by atoms with E-state index < -0.39 is 0 Å². The van der Waals surface area contributed by atoms with E-state index in [4.69, 9.17) is 12.8 Å². The van der Waals surface area contributed by atoms with E-state index in [9.17, 15) is 0 Å². The van der Waals surface area contributed by atoms with E-state index in [1.54, 1.807) is 0 Å². The molecule has 0 N–H and O–H groups in total. The Hall–Kier alpha value is -2.00. The van der Waals surface area contributed by atoms with Gasteiger partial charge in [0.1, 0.15) is 13.1 Å². The van der Waals surface area contributed by atoms with Crippen molar-refractivity contribution in [1.29, 1.82) is 0 Å². The average Bonchev–Trinajstić information content (AvgIpc) is 2.59. The first-order chi connectivity index (χ1) is 12.6. The topological polar surface area (TPSA) is 0 Å². The average molecular weight is 355 g/mol. The molecule has 0 aliphatic heterocycles. The van der Waals surface area contributed by atoms with Gasteiger partial charge in [-0.3, -0.25) is 0 Å². The van der Waals surface area contributed by atoms with E-state index in [0.29, 0.717) is 0 Å². The monoisotopic (exact) mass is 354 g/mol. The summed E-state index contributed by atoms with van der Waals surface area (Å²) in [5.41, 5.74) is 0. The Bertz CT molecular complexity index is 447. The summed E-state index contributed by atoms with van der Waals surface area (Å²) in [5, 5.41) is 0. The highest BCUT2D eigenvalue weighted by molar-refractivity contribution is 4.87. The lowest BCUT2D eigenvalue weighted by atomic mass is 10.1. The van der Waals surface area contributed by atoms with Crippen molar-refractivity contribution >= 4 is 0 Å². The van der Waals surface area contributed by atoms with E-state index in [-0.39, 0.29) is 0 Å². The lowest BCUT2D eigenvalue weighted by molar-refractivity contribution is -0.911. The molecule has 0 aromatic rings. The molecule has 0 aliphatic rings. The maximum atomic E-state index is 5.59. The van der Waals surface area contributed by atoms with E-state index in [1.165, 1.54) is 25.7 Å². The third-order valence-electron chi connectivity index (χ3n) is 4.93. The lowest BCUT2D eigenvalue weighted by Crippen LogP contribution is -2.49. The summed E-state index contributed by atoms with van der Waals surface area (Å²) < 4.78 is 1.74. The lowest BCUT2D eigenvalue weighted by Gasteiger charge is -2.36. The highest BCUT2D eigenvalue weighted by Gasteiger charge is 2.24. The van der Waals surface area contributed by atoms with E-state index in [1.807, 2.05) is 24.3 Å². The van der Waals surface area contributed by atoms with Crippen molar-refractivity contribution in [3.05, 3.63) is 50.6 Å². The van der Waals surface area contributed by atoms with Crippen molar-refractivity contribution in [3.63, 3.8) is 0 Å². The van der Waals surface area contributed by atoms with Crippen LogP contribution in [0.3, 0.4) is 0 Å². The molecule has 2 nitrogen and oxygen atoms in total. The molecule has 0 saturated carbocycles. The third kappa shape index (κ3) is 8.91. The van der Waals surface area contributed by atoms with Crippen molar-refractivity contribution in [1.82, 2.24) is 0 Å². The fraction of sp³-hybridized carbons (Fsp3) is 0.500. The van der Waals surface area contributed by atoms with Crippen molar-refractivity contribution < 1.29 is 8.97 Å². The molecule has 142 valence electrons. The van der Waals surface area contributed by atoms with Gasteiger partial charge in [0.05, 0.1) is 39.3 Å². The van der Waals surface area contributed by atoms with Crippen LogP contribution in [-0.4, -0.2) is 61.3 Å². The minimum atomic E-state index is 0.735. The minimum absolute atomic E-state index is 0.735. The van der Waals surface area contributed by atoms with Crippen LogP contribution in [0.1, 0.15) is 25.7 Å². The number of hydrogen-bond donors (Lipinski definition) is 0. The Balaban J connectivity index is 4.49. The van der Waals surface area contributed by atoms with Gasteiger partial charge in [0.2, 0.25) is 0 Å². The Morgan fingerprint density at radius 3 is 1.12 bits per heavy atom. The standard InChI is InChI=1S/C24H38N2/c1-7-17-25(18-8-2,19-9-3)23-15-13-14-16-24-26(20-10-4,21-11-5)22-12-6/h1,4,8-9,11-12H,2-3,5-6,13-24H2/q+2. The van der Waals surface area contributed by atoms with Crippen molar-refractivity contribution in [2.24, 2.45) is 0 Å². The highest BCUT2D eigenvalue weighted by Crippen LogP contribution is 2.14. The molecular weight excluding hydrogens is 316 g/mol. The van der Waals surface area contributed by atoms with Gasteiger partial charge in [0, 0.05) is 0 Å². The Morgan fingerprint density at radius 1 is 0.577 bits per heavy atom. The maximum Gasteiger partial charge on any atom is 0.141 e. The van der Waals surface area contributed by atoms with Crippen LogP contribution in [0.5, 0.6) is 0 Å². The van der Waals surface area contributed by atoms with Gasteiger partial charge in [0.25, 0.3) is 0 Å². The van der Waals surface area contributed by atoms with Gasteiger partial charge in [-0.1, -0.05) is 26.3 Å². The Morgan fingerprint density at radius 2 is 0.885 bits per heavy atom. The molecule has 0 aromatic heterocycles. The summed E-state index contributed by atoms with van der Waals surface area (Å²) >= 11 is 0. The molecule has 0 rings (SSSR count). The summed E-state index contributed by atoms with van der Waals surface area (Å²) in [6, 6.07) is 0. The molecule has 0 atom stereocenters. The second-order valence-corrected chi connectivity index (χ2v) is 7.15. The zero-order valence-corrected chi connectivity index (χ0v) is 16.7. The summed E-state index contributed by atoms with van der Waals surface area (Å²) in [4.78, 5) is 0. The van der Waals surface area contributed by atoms with Crippen LogP contribution < -0.4 is 0 Å². The molecule has 0 radical (unpaired) electrons. The fourth-order valence-electron chi connectivity index (χ4n) is 3.66. The van der Waals surface area contributed by atoms with Crippen molar-refractivity contribution in [3.8, 4) is 24.7 Å². The van der Waals surface area contributed by atoms with Crippen LogP contribution in [0.25, 0.3) is 0 Å². The number of nitrogens with zero attached hydrogens (tertiary/aromatic N) is 2. The van der Waals surface area contributed by atoms with Crippen LogP contribution in [0, 0.1) is 24.7 Å². The van der Waals surface area contributed by atoms with Gasteiger partial charge in [0.15, 0.2) is 0 Å². The van der Waals surface area contributed by atoms with Crippen LogP contribution in [0.2, 0.25) is 0 Å². The largest absolute Gasteiger partial charge is 0.307 e. The zero-order valence-electron chi connectivity index (χ0n) is 16.7. The summed E-state index contributed by atoms with van der Waals surface area (Å²) in [6.07, 6.45) is 23.8. The van der Waals surface area contributed by atoms with Crippen LogP contribution in [0.15, 0.2) is 50.6 Å². The first kappa shape index (κ1) is 24.0. The summed E-state index contributed by atoms with van der Waals surface area (Å²) in [6.45, 7) is 22.8. The fourth-order valence-corrected chi connectivity index (χ4v) is 3.66. The minimum Gasteiger partial charge on any atom is -0.307 e. The molecule has 0 amide bonds. The first-order valence-electron chi connectivity index (χ1n) is 9.58. The molecule has 0 aliphatic carbocycles. The van der Waals surface area contributed by atoms with Crippen molar-refractivity contribution in [2.45, 2.75) is 25.7 Å². The third-order valence-corrected chi connectivity index (χ3v) is 4.93. The van der Waals surface area contributed by atoms with Gasteiger partial charge >= 0.3 is 0 Å². The molecule has 0 heterocycles. The summed E-state index contributed by atoms with van der Waals surface area (Å²) in [7, 11) is 0. The molecule has 0 unspecified atom stereocenters. The van der Waals surface area contributed by atoms with Crippen LogP contribution in [-0.2, 0) is 0 Å². The predicted octanol–water partition coefficient (Wildman–Crippen LogP) is 4.19. The van der Waals surface area contributed by atoms with Crippen LogP contribution in [0.4, 0.5) is 0 Å². The molecule has 0 spiro atoms. The number of rotatable bonds is 17. The molecule has 0 fully saturated rings. The molecule has 0 saturated heterocycles. The zero-order chi connectivity index (χ0) is 19.7. The second kappa shape index (κ2) is 14.2. The SMILES string of the molecule is C#CC[N+](CC=C)(CC=C)CCCCCC[N+](CC#C)(CC=C)CC=C. The quantitative estimate of drug-likeness (QED) is 0.159. The second-order valence-electron chi connectivity index (χ2n) is 7.15. The van der Waals surface area contributed by atoms with E-state index in [2.05, 4.69) is 38.2 Å². The van der Waals surface area contributed by atoms with Gasteiger partial charge in [-0.2, -0.15) is 0 Å². The molecule has 26 heavy (non-hydrogen) atoms. The van der Waals surface area contributed by atoms with Gasteiger partial charge in [-0.05, 0) is 61.8 Å². The Labute approximate surface area is 162 Å².